The predicted molar refractivity (Wildman–Crippen MR) is 145 cm³/mol. The highest BCUT2D eigenvalue weighted by molar-refractivity contribution is 7.92. The number of hydrogen-bond acceptors (Lipinski definition) is 5. The molecular weight excluding hydrogens is 569 g/mol. The van der Waals surface area contributed by atoms with Crippen molar-refractivity contribution in [3.8, 4) is 11.5 Å². The van der Waals surface area contributed by atoms with E-state index in [0.29, 0.717) is 33.9 Å². The summed E-state index contributed by atoms with van der Waals surface area (Å²) in [6.45, 7) is 4.67. The summed E-state index contributed by atoms with van der Waals surface area (Å²) < 4.78 is 80.3. The molecule has 0 aliphatic carbocycles. The van der Waals surface area contributed by atoms with E-state index in [1.807, 2.05) is 13.8 Å². The number of aryl methyl sites for hydroxylation is 1. The van der Waals surface area contributed by atoms with Gasteiger partial charge in [-0.05, 0) is 69.3 Å². The zero-order chi connectivity index (χ0) is 29.5. The molecule has 0 bridgehead atoms. The molecule has 40 heavy (non-hydrogen) atoms. The fraction of sp³-hybridized carbons (Fsp3) is 0.321. The molecule has 1 N–H and O–H groups in total. The fourth-order valence-electron chi connectivity index (χ4n) is 4.50. The average Bonchev–Trinajstić information content (AvgIpc) is 2.86. The maximum absolute atomic E-state index is 13.7. The Labute approximate surface area is 235 Å². The van der Waals surface area contributed by atoms with E-state index in [0.717, 1.165) is 17.7 Å². The molecule has 1 aliphatic heterocycles. The van der Waals surface area contributed by atoms with Crippen LogP contribution in [0.4, 0.5) is 18.9 Å². The number of nitrogens with one attached hydrogen (secondary N) is 1. The van der Waals surface area contributed by atoms with Crippen LogP contribution in [0, 0.1) is 6.92 Å². The smallest absolute Gasteiger partial charge is 0.417 e. The Balaban J connectivity index is 1.73. The highest BCUT2D eigenvalue weighted by Crippen LogP contribution is 2.41. The molecule has 4 rings (SSSR count). The van der Waals surface area contributed by atoms with Gasteiger partial charge in [0.2, 0.25) is 5.91 Å². The predicted octanol–water partition coefficient (Wildman–Crippen LogP) is 6.29. The van der Waals surface area contributed by atoms with Crippen LogP contribution in [0.15, 0.2) is 65.6 Å². The molecule has 0 saturated carbocycles. The summed E-state index contributed by atoms with van der Waals surface area (Å²) in [6, 6.07) is 13.1. The second kappa shape index (κ2) is 10.9. The molecule has 0 saturated heterocycles. The first kappa shape index (κ1) is 29.5. The second-order valence-electron chi connectivity index (χ2n) is 10.1. The summed E-state index contributed by atoms with van der Waals surface area (Å²) in [7, 11) is -2.96. The summed E-state index contributed by atoms with van der Waals surface area (Å²) >= 11 is 5.78. The van der Waals surface area contributed by atoms with E-state index in [1.54, 1.807) is 37.3 Å². The lowest BCUT2D eigenvalue weighted by Gasteiger charge is -2.38. The van der Waals surface area contributed by atoms with Crippen molar-refractivity contribution < 1.29 is 35.9 Å². The monoisotopic (exact) mass is 596 g/mol. The number of methoxy groups -OCH3 is 1. The molecule has 1 unspecified atom stereocenters. The van der Waals surface area contributed by atoms with Gasteiger partial charge in [0, 0.05) is 12.0 Å². The van der Waals surface area contributed by atoms with E-state index in [-0.39, 0.29) is 10.6 Å². The van der Waals surface area contributed by atoms with Crippen LogP contribution in [0.2, 0.25) is 5.02 Å². The number of alkyl halides is 3. The first-order valence-corrected chi connectivity index (χ1v) is 14.0. The molecule has 3 aromatic rings. The molecule has 12 heteroatoms. The molecular formula is C28H28ClF3N2O5S. The molecule has 1 aliphatic rings. The summed E-state index contributed by atoms with van der Waals surface area (Å²) in [5, 5.41) is 2.25. The molecule has 214 valence electrons. The molecule has 0 spiro atoms. The Morgan fingerprint density at radius 1 is 1.12 bits per heavy atom. The van der Waals surface area contributed by atoms with Crippen molar-refractivity contribution in [1.29, 1.82) is 0 Å². The number of fused-ring (bicyclic) bond motifs is 1. The molecule has 3 aromatic carbocycles. The lowest BCUT2D eigenvalue weighted by atomic mass is 9.89. The van der Waals surface area contributed by atoms with Gasteiger partial charge < -0.3 is 14.8 Å². The molecule has 1 amide bonds. The third kappa shape index (κ3) is 6.31. The number of benzene rings is 3. The minimum absolute atomic E-state index is 0.184. The van der Waals surface area contributed by atoms with E-state index in [1.165, 1.54) is 19.2 Å². The van der Waals surface area contributed by atoms with Gasteiger partial charge in [0.15, 0.2) is 0 Å². The van der Waals surface area contributed by atoms with E-state index in [2.05, 4.69) is 5.32 Å². The Kier molecular flexibility index (Phi) is 8.01. The van der Waals surface area contributed by atoms with Gasteiger partial charge in [-0.25, -0.2) is 8.42 Å². The first-order valence-electron chi connectivity index (χ1n) is 12.2. The molecule has 1 heterocycles. The van der Waals surface area contributed by atoms with Crippen molar-refractivity contribution in [3.63, 3.8) is 0 Å². The van der Waals surface area contributed by atoms with Crippen molar-refractivity contribution in [2.75, 3.05) is 18.0 Å². The minimum Gasteiger partial charge on any atom is -0.497 e. The number of amides is 1. The average molecular weight is 597 g/mol. The van der Waals surface area contributed by atoms with E-state index >= 15 is 0 Å². The van der Waals surface area contributed by atoms with Crippen molar-refractivity contribution in [1.82, 2.24) is 5.32 Å². The van der Waals surface area contributed by atoms with Gasteiger partial charge in [0.05, 0.1) is 34.3 Å². The van der Waals surface area contributed by atoms with Crippen molar-refractivity contribution >= 4 is 33.2 Å². The number of nitrogens with zero attached hydrogens (tertiary/aromatic N) is 1. The highest BCUT2D eigenvalue weighted by Gasteiger charge is 2.38. The standard InChI is InChI=1S/C28H28ClF3N2O5S/c1-17-5-9-20(10-6-17)40(36,37)34(18-7-11-23(29)22(13-18)28(30,31)32)16-26(35)33-24-15-27(2,3)39-25-12-8-19(38-4)14-21(24)25/h5-14,24H,15-16H2,1-4H3,(H,33,35). The van der Waals surface area contributed by atoms with Gasteiger partial charge in [0.25, 0.3) is 10.0 Å². The lowest BCUT2D eigenvalue weighted by Crippen LogP contribution is -2.45. The van der Waals surface area contributed by atoms with Crippen LogP contribution in [-0.4, -0.2) is 33.6 Å². The number of anilines is 1. The number of ether oxygens (including phenoxy) is 2. The van der Waals surface area contributed by atoms with Crippen molar-refractivity contribution in [2.45, 2.75) is 49.9 Å². The number of carbonyl (C=O) groups excluding carboxylic acids is 1. The molecule has 0 aromatic heterocycles. The zero-order valence-corrected chi connectivity index (χ0v) is 23.7. The minimum atomic E-state index is -4.84. The zero-order valence-electron chi connectivity index (χ0n) is 22.2. The van der Waals surface area contributed by atoms with Gasteiger partial charge >= 0.3 is 6.18 Å². The van der Waals surface area contributed by atoms with Gasteiger partial charge in [-0.1, -0.05) is 29.3 Å². The number of sulfonamides is 1. The van der Waals surface area contributed by atoms with Gasteiger partial charge in [-0.15, -0.1) is 0 Å². The molecule has 1 atom stereocenters. The third-order valence-electron chi connectivity index (χ3n) is 6.45. The lowest BCUT2D eigenvalue weighted by molar-refractivity contribution is -0.137. The Bertz CT molecular complexity index is 1530. The van der Waals surface area contributed by atoms with Crippen LogP contribution in [0.1, 0.15) is 43.0 Å². The fourth-order valence-corrected chi connectivity index (χ4v) is 6.13. The van der Waals surface area contributed by atoms with E-state index < -0.39 is 50.9 Å². The summed E-state index contributed by atoms with van der Waals surface area (Å²) in [4.78, 5) is 13.2. The molecule has 7 nitrogen and oxygen atoms in total. The van der Waals surface area contributed by atoms with E-state index in [4.69, 9.17) is 21.1 Å². The quantitative estimate of drug-likeness (QED) is 0.347. The maximum atomic E-state index is 13.7. The number of hydrogen-bond donors (Lipinski definition) is 1. The number of carbonyl (C=O) groups is 1. The Morgan fingerprint density at radius 2 is 1.80 bits per heavy atom. The largest absolute Gasteiger partial charge is 0.497 e. The van der Waals surface area contributed by atoms with Crippen LogP contribution in [0.5, 0.6) is 11.5 Å². The van der Waals surface area contributed by atoms with Crippen LogP contribution >= 0.6 is 11.6 Å². The van der Waals surface area contributed by atoms with Crippen LogP contribution in [0.3, 0.4) is 0 Å². The summed E-state index contributed by atoms with van der Waals surface area (Å²) in [5.74, 6) is 0.334. The van der Waals surface area contributed by atoms with Crippen LogP contribution < -0.4 is 19.1 Å². The highest BCUT2D eigenvalue weighted by atomic mass is 35.5. The normalized spacial score (nSPS) is 16.4. The maximum Gasteiger partial charge on any atom is 0.417 e. The number of rotatable bonds is 7. The van der Waals surface area contributed by atoms with Crippen molar-refractivity contribution in [3.05, 3.63) is 82.4 Å². The SMILES string of the molecule is COc1ccc2c(c1)C(NC(=O)CN(c1ccc(Cl)c(C(F)(F)F)c1)S(=O)(=O)c1ccc(C)cc1)CC(C)(C)O2. The molecule has 0 radical (unpaired) electrons. The van der Waals surface area contributed by atoms with Gasteiger partial charge in [-0.3, -0.25) is 9.10 Å². The Hall–Kier alpha value is -3.44. The summed E-state index contributed by atoms with van der Waals surface area (Å²) in [5.41, 5.74) is -0.827. The van der Waals surface area contributed by atoms with E-state index in [9.17, 15) is 26.4 Å². The third-order valence-corrected chi connectivity index (χ3v) is 8.57. The van der Waals surface area contributed by atoms with Gasteiger partial charge in [-0.2, -0.15) is 13.2 Å². The Morgan fingerprint density at radius 3 is 2.42 bits per heavy atom. The number of halogens is 4. The van der Waals surface area contributed by atoms with Crippen LogP contribution in [-0.2, 0) is 21.0 Å². The second-order valence-corrected chi connectivity index (χ2v) is 12.3. The van der Waals surface area contributed by atoms with Crippen molar-refractivity contribution in [2.24, 2.45) is 0 Å². The first-order chi connectivity index (χ1) is 18.6. The van der Waals surface area contributed by atoms with Gasteiger partial charge in [0.1, 0.15) is 23.6 Å². The molecule has 0 fully saturated rings. The van der Waals surface area contributed by atoms with Crippen LogP contribution in [0.25, 0.3) is 0 Å². The summed E-state index contributed by atoms with van der Waals surface area (Å²) in [6.07, 6.45) is -4.49. The topological polar surface area (TPSA) is 84.9 Å².